The number of anilines is 1. The van der Waals surface area contributed by atoms with Gasteiger partial charge < -0.3 is 10.6 Å². The summed E-state index contributed by atoms with van der Waals surface area (Å²) in [4.78, 5) is 31.6. The summed E-state index contributed by atoms with van der Waals surface area (Å²) >= 11 is 0. The van der Waals surface area contributed by atoms with Crippen LogP contribution in [0, 0.1) is 0 Å². The normalized spacial score (nSPS) is 11.0. The monoisotopic (exact) mass is 312 g/mol. The molecule has 0 aromatic carbocycles. The fraction of sp³-hybridized carbons (Fsp3) is 0.294. The summed E-state index contributed by atoms with van der Waals surface area (Å²) in [6.45, 7) is 7.21. The van der Waals surface area contributed by atoms with Crippen molar-refractivity contribution in [3.8, 4) is 11.4 Å². The molecule has 0 aliphatic rings. The van der Waals surface area contributed by atoms with Crippen LogP contribution in [0.25, 0.3) is 11.4 Å². The summed E-state index contributed by atoms with van der Waals surface area (Å²) in [5, 5.41) is 5.54. The van der Waals surface area contributed by atoms with Gasteiger partial charge in [-0.2, -0.15) is 0 Å². The Balaban J connectivity index is 2.13. The first-order valence-corrected chi connectivity index (χ1v) is 7.27. The van der Waals surface area contributed by atoms with Crippen molar-refractivity contribution < 1.29 is 9.59 Å². The van der Waals surface area contributed by atoms with Gasteiger partial charge >= 0.3 is 0 Å². The molecule has 0 saturated heterocycles. The highest BCUT2D eigenvalue weighted by Gasteiger charge is 2.15. The minimum Gasteiger partial charge on any atom is -0.347 e. The van der Waals surface area contributed by atoms with Gasteiger partial charge in [-0.3, -0.25) is 19.6 Å². The number of nitrogens with one attached hydrogen (secondary N) is 2. The molecule has 6 nitrogen and oxygen atoms in total. The van der Waals surface area contributed by atoms with E-state index in [-0.39, 0.29) is 17.4 Å². The van der Waals surface area contributed by atoms with E-state index in [4.69, 9.17) is 0 Å². The molecule has 2 aromatic rings. The molecule has 0 radical (unpaired) electrons. The summed E-state index contributed by atoms with van der Waals surface area (Å²) in [6.07, 6.45) is 3.10. The molecular formula is C17H20N4O2. The van der Waals surface area contributed by atoms with Gasteiger partial charge in [0, 0.05) is 18.7 Å². The summed E-state index contributed by atoms with van der Waals surface area (Å²) in [5.74, 6) is -0.308. The third kappa shape index (κ3) is 4.88. The number of pyridine rings is 2. The number of aromatic nitrogens is 2. The molecule has 23 heavy (non-hydrogen) atoms. The van der Waals surface area contributed by atoms with Crippen molar-refractivity contribution in [2.45, 2.75) is 33.2 Å². The SMILES string of the molecule is CC(=O)Nc1ccc(-c2ccc(C(=O)NC(C)(C)C)cn2)nc1. The summed E-state index contributed by atoms with van der Waals surface area (Å²) in [6, 6.07) is 6.99. The summed E-state index contributed by atoms with van der Waals surface area (Å²) < 4.78 is 0. The van der Waals surface area contributed by atoms with E-state index in [0.29, 0.717) is 22.6 Å². The Morgan fingerprint density at radius 3 is 2.00 bits per heavy atom. The predicted octanol–water partition coefficient (Wildman–Crippen LogP) is 2.63. The van der Waals surface area contributed by atoms with Crippen LogP contribution in [0.15, 0.2) is 36.7 Å². The number of amides is 2. The van der Waals surface area contributed by atoms with E-state index in [0.717, 1.165) is 0 Å². The standard InChI is InChI=1S/C17H20N4O2/c1-11(22)20-13-6-8-15(19-10-13)14-7-5-12(9-18-14)16(23)21-17(2,3)4/h5-10H,1-4H3,(H,20,22)(H,21,23). The average Bonchev–Trinajstić information content (AvgIpc) is 2.46. The smallest absolute Gasteiger partial charge is 0.253 e. The van der Waals surface area contributed by atoms with E-state index < -0.39 is 0 Å². The van der Waals surface area contributed by atoms with Crippen LogP contribution in [-0.2, 0) is 4.79 Å². The topological polar surface area (TPSA) is 84.0 Å². The molecule has 0 fully saturated rings. The lowest BCUT2D eigenvalue weighted by Crippen LogP contribution is -2.40. The lowest BCUT2D eigenvalue weighted by atomic mass is 10.1. The van der Waals surface area contributed by atoms with Gasteiger partial charge in [-0.1, -0.05) is 0 Å². The first-order valence-electron chi connectivity index (χ1n) is 7.27. The van der Waals surface area contributed by atoms with E-state index in [1.165, 1.54) is 13.1 Å². The van der Waals surface area contributed by atoms with Gasteiger partial charge in [0.2, 0.25) is 5.91 Å². The molecule has 0 unspecified atom stereocenters. The maximum atomic E-state index is 12.0. The van der Waals surface area contributed by atoms with E-state index in [1.54, 1.807) is 30.5 Å². The first-order chi connectivity index (χ1) is 10.7. The Hall–Kier alpha value is -2.76. The van der Waals surface area contributed by atoms with E-state index in [9.17, 15) is 9.59 Å². The van der Waals surface area contributed by atoms with Gasteiger partial charge in [0.25, 0.3) is 5.91 Å². The van der Waals surface area contributed by atoms with Crippen LogP contribution >= 0.6 is 0 Å². The van der Waals surface area contributed by atoms with E-state index in [2.05, 4.69) is 20.6 Å². The van der Waals surface area contributed by atoms with Crippen LogP contribution in [0.1, 0.15) is 38.1 Å². The van der Waals surface area contributed by atoms with Crippen molar-refractivity contribution in [2.75, 3.05) is 5.32 Å². The number of hydrogen-bond acceptors (Lipinski definition) is 4. The van der Waals surface area contributed by atoms with Crippen LogP contribution in [0.3, 0.4) is 0 Å². The zero-order chi connectivity index (χ0) is 17.0. The molecule has 2 rings (SSSR count). The molecule has 0 bridgehead atoms. The third-order valence-corrected chi connectivity index (χ3v) is 2.86. The molecule has 2 heterocycles. The summed E-state index contributed by atoms with van der Waals surface area (Å²) in [5.41, 5.74) is 2.16. The Morgan fingerprint density at radius 2 is 1.57 bits per heavy atom. The average molecular weight is 312 g/mol. The zero-order valence-electron chi connectivity index (χ0n) is 13.7. The molecule has 0 atom stereocenters. The number of hydrogen-bond donors (Lipinski definition) is 2. The molecular weight excluding hydrogens is 292 g/mol. The molecule has 0 aliphatic heterocycles. The van der Waals surface area contributed by atoms with E-state index >= 15 is 0 Å². The number of carbonyl (C=O) groups is 2. The van der Waals surface area contributed by atoms with Crippen LogP contribution < -0.4 is 10.6 Å². The Morgan fingerprint density at radius 1 is 0.957 bits per heavy atom. The maximum absolute atomic E-state index is 12.0. The van der Waals surface area contributed by atoms with Gasteiger partial charge in [0.15, 0.2) is 0 Å². The molecule has 0 saturated carbocycles. The maximum Gasteiger partial charge on any atom is 0.253 e. The molecule has 6 heteroatoms. The highest BCUT2D eigenvalue weighted by atomic mass is 16.2. The molecule has 2 N–H and O–H groups in total. The van der Waals surface area contributed by atoms with Gasteiger partial charge in [0.05, 0.1) is 28.8 Å². The Bertz CT molecular complexity index is 701. The number of carbonyl (C=O) groups excluding carboxylic acids is 2. The largest absolute Gasteiger partial charge is 0.347 e. The van der Waals surface area contributed by atoms with Crippen LogP contribution in [0.2, 0.25) is 0 Å². The van der Waals surface area contributed by atoms with Crippen LogP contribution in [-0.4, -0.2) is 27.3 Å². The molecule has 2 amide bonds. The van der Waals surface area contributed by atoms with E-state index in [1.807, 2.05) is 20.8 Å². The number of rotatable bonds is 3. The highest BCUT2D eigenvalue weighted by Crippen LogP contribution is 2.17. The van der Waals surface area contributed by atoms with Crippen molar-refractivity contribution in [3.63, 3.8) is 0 Å². The van der Waals surface area contributed by atoms with Gasteiger partial charge in [0.1, 0.15) is 0 Å². The molecule has 120 valence electrons. The third-order valence-electron chi connectivity index (χ3n) is 2.86. The summed E-state index contributed by atoms with van der Waals surface area (Å²) in [7, 11) is 0. The predicted molar refractivity (Wildman–Crippen MR) is 89.0 cm³/mol. The fourth-order valence-electron chi connectivity index (χ4n) is 1.92. The number of nitrogens with zero attached hydrogens (tertiary/aromatic N) is 2. The van der Waals surface area contributed by atoms with Crippen molar-refractivity contribution in [1.82, 2.24) is 15.3 Å². The lowest BCUT2D eigenvalue weighted by Gasteiger charge is -2.20. The zero-order valence-corrected chi connectivity index (χ0v) is 13.7. The second-order valence-corrected chi connectivity index (χ2v) is 6.25. The second kappa shape index (κ2) is 6.56. The van der Waals surface area contributed by atoms with Gasteiger partial charge in [-0.15, -0.1) is 0 Å². The second-order valence-electron chi connectivity index (χ2n) is 6.25. The molecule has 2 aromatic heterocycles. The molecule has 0 aliphatic carbocycles. The fourth-order valence-corrected chi connectivity index (χ4v) is 1.92. The Labute approximate surface area is 135 Å². The minimum absolute atomic E-state index is 0.146. The lowest BCUT2D eigenvalue weighted by molar-refractivity contribution is -0.114. The quantitative estimate of drug-likeness (QED) is 0.912. The van der Waals surface area contributed by atoms with Crippen molar-refractivity contribution >= 4 is 17.5 Å². The highest BCUT2D eigenvalue weighted by molar-refractivity contribution is 5.94. The van der Waals surface area contributed by atoms with Crippen molar-refractivity contribution in [2.24, 2.45) is 0 Å². The van der Waals surface area contributed by atoms with Crippen LogP contribution in [0.5, 0.6) is 0 Å². The molecule has 0 spiro atoms. The van der Waals surface area contributed by atoms with Gasteiger partial charge in [-0.25, -0.2) is 0 Å². The Kier molecular flexibility index (Phi) is 4.74. The van der Waals surface area contributed by atoms with Gasteiger partial charge in [-0.05, 0) is 45.0 Å². The minimum atomic E-state index is -0.295. The van der Waals surface area contributed by atoms with Crippen LogP contribution in [0.4, 0.5) is 5.69 Å². The van der Waals surface area contributed by atoms with Crippen molar-refractivity contribution in [1.29, 1.82) is 0 Å². The van der Waals surface area contributed by atoms with Crippen molar-refractivity contribution in [3.05, 3.63) is 42.2 Å². The first kappa shape index (κ1) is 16.6.